The number of carbonyl (C=O) groups is 1. The van der Waals surface area contributed by atoms with Gasteiger partial charge < -0.3 is 10.1 Å². The third kappa shape index (κ3) is 4.35. The van der Waals surface area contributed by atoms with Gasteiger partial charge in [-0.2, -0.15) is 0 Å². The molecule has 3 rings (SSSR count). The summed E-state index contributed by atoms with van der Waals surface area (Å²) in [6.45, 7) is 0. The van der Waals surface area contributed by atoms with E-state index in [1.807, 2.05) is 35.7 Å². The first-order valence-electron chi connectivity index (χ1n) is 7.74. The van der Waals surface area contributed by atoms with E-state index < -0.39 is 10.0 Å². The van der Waals surface area contributed by atoms with E-state index in [9.17, 15) is 13.2 Å². The molecule has 6 nitrogen and oxygen atoms in total. The molecule has 1 aliphatic rings. The van der Waals surface area contributed by atoms with E-state index in [1.165, 1.54) is 24.8 Å². The molecule has 1 fully saturated rings. The van der Waals surface area contributed by atoms with Crippen LogP contribution in [-0.4, -0.2) is 32.9 Å². The number of nitrogens with one attached hydrogen (secondary N) is 1. The number of carbonyl (C=O) groups excluding carboxylic acids is 1. The van der Waals surface area contributed by atoms with Gasteiger partial charge in [0.2, 0.25) is 10.0 Å². The second-order valence-electron chi connectivity index (χ2n) is 5.56. The molecule has 0 radical (unpaired) electrons. The fourth-order valence-corrected chi connectivity index (χ4v) is 6.10. The number of hydrogen-bond donors (Lipinski definition) is 2. The molecular formula is C17H18N2O4S3. The average Bonchev–Trinajstić information content (AvgIpc) is 3.15. The van der Waals surface area contributed by atoms with E-state index in [0.717, 1.165) is 11.5 Å². The number of thioether (sulfide) groups is 2. The Labute approximate surface area is 160 Å². The Morgan fingerprint density at radius 2 is 1.81 bits per heavy atom. The van der Waals surface area contributed by atoms with Gasteiger partial charge in [-0.1, -0.05) is 12.1 Å². The average molecular weight is 411 g/mol. The highest BCUT2D eigenvalue weighted by Gasteiger charge is 2.19. The maximum Gasteiger partial charge on any atom is 0.255 e. The lowest BCUT2D eigenvalue weighted by Crippen LogP contribution is -2.16. The molecule has 26 heavy (non-hydrogen) atoms. The Morgan fingerprint density at radius 3 is 2.38 bits per heavy atom. The number of methoxy groups -OCH3 is 1. The van der Waals surface area contributed by atoms with Gasteiger partial charge >= 0.3 is 0 Å². The number of hydrogen-bond acceptors (Lipinski definition) is 6. The maximum atomic E-state index is 12.4. The number of sulfonamides is 1. The predicted molar refractivity (Wildman–Crippen MR) is 106 cm³/mol. The van der Waals surface area contributed by atoms with Crippen molar-refractivity contribution in [3.8, 4) is 5.75 Å². The summed E-state index contributed by atoms with van der Waals surface area (Å²) in [6.07, 6.45) is 0. The largest absolute Gasteiger partial charge is 0.495 e. The van der Waals surface area contributed by atoms with Crippen molar-refractivity contribution in [3.05, 3.63) is 53.6 Å². The van der Waals surface area contributed by atoms with Crippen LogP contribution in [0.3, 0.4) is 0 Å². The number of amides is 1. The Kier molecular flexibility index (Phi) is 5.81. The topological polar surface area (TPSA) is 98.5 Å². The molecule has 0 spiro atoms. The number of nitrogens with two attached hydrogens (primary N) is 1. The summed E-state index contributed by atoms with van der Waals surface area (Å²) >= 11 is 3.80. The van der Waals surface area contributed by atoms with Crippen LogP contribution >= 0.6 is 23.5 Å². The van der Waals surface area contributed by atoms with E-state index in [4.69, 9.17) is 9.88 Å². The second kappa shape index (κ2) is 7.91. The summed E-state index contributed by atoms with van der Waals surface area (Å²) in [4.78, 5) is 12.3. The summed E-state index contributed by atoms with van der Waals surface area (Å²) in [7, 11) is -2.61. The highest BCUT2D eigenvalue weighted by atomic mass is 32.2. The molecular weight excluding hydrogens is 392 g/mol. The summed E-state index contributed by atoms with van der Waals surface area (Å²) in [5, 5.41) is 7.88. The molecule has 2 aromatic carbocycles. The van der Waals surface area contributed by atoms with Crippen LogP contribution in [0.2, 0.25) is 0 Å². The van der Waals surface area contributed by atoms with Crippen molar-refractivity contribution in [2.75, 3.05) is 23.9 Å². The van der Waals surface area contributed by atoms with Crippen LogP contribution in [0.4, 0.5) is 5.69 Å². The first-order valence-corrected chi connectivity index (χ1v) is 11.4. The zero-order chi connectivity index (χ0) is 18.7. The Morgan fingerprint density at radius 1 is 1.15 bits per heavy atom. The Hall–Kier alpha value is -1.68. The van der Waals surface area contributed by atoms with Crippen molar-refractivity contribution >= 4 is 45.1 Å². The summed E-state index contributed by atoms with van der Waals surface area (Å²) in [6, 6.07) is 11.7. The highest BCUT2D eigenvalue weighted by molar-refractivity contribution is 8.19. The fraction of sp³-hybridized carbons (Fsp3) is 0.235. The number of ether oxygens (including phenoxy) is 1. The molecule has 1 heterocycles. The van der Waals surface area contributed by atoms with Gasteiger partial charge in [-0.15, -0.1) is 23.5 Å². The van der Waals surface area contributed by atoms with Gasteiger partial charge in [-0.3, -0.25) is 4.79 Å². The third-order valence-corrected chi connectivity index (χ3v) is 7.83. The number of benzene rings is 2. The minimum Gasteiger partial charge on any atom is -0.495 e. The van der Waals surface area contributed by atoms with E-state index in [1.54, 1.807) is 18.2 Å². The van der Waals surface area contributed by atoms with Gasteiger partial charge in [0, 0.05) is 22.8 Å². The Bertz CT molecular complexity index is 908. The molecule has 0 atom stereocenters. The van der Waals surface area contributed by atoms with E-state index in [0.29, 0.717) is 15.8 Å². The van der Waals surface area contributed by atoms with Crippen LogP contribution < -0.4 is 15.2 Å². The molecule has 2 aromatic rings. The van der Waals surface area contributed by atoms with E-state index in [-0.39, 0.29) is 16.6 Å². The van der Waals surface area contributed by atoms with Crippen LogP contribution in [0.5, 0.6) is 5.75 Å². The van der Waals surface area contributed by atoms with Gasteiger partial charge in [0.1, 0.15) is 10.6 Å². The smallest absolute Gasteiger partial charge is 0.255 e. The lowest BCUT2D eigenvalue weighted by Gasteiger charge is -2.11. The summed E-state index contributed by atoms with van der Waals surface area (Å²) in [5.74, 6) is 2.08. The van der Waals surface area contributed by atoms with Crippen molar-refractivity contribution in [2.45, 2.75) is 9.48 Å². The second-order valence-corrected chi connectivity index (χ2v) is 9.81. The van der Waals surface area contributed by atoms with E-state index in [2.05, 4.69) is 5.32 Å². The molecule has 1 amide bonds. The van der Waals surface area contributed by atoms with Gasteiger partial charge in [0.15, 0.2) is 0 Å². The monoisotopic (exact) mass is 410 g/mol. The highest BCUT2D eigenvalue weighted by Crippen LogP contribution is 2.45. The Balaban J connectivity index is 1.77. The minimum atomic E-state index is -3.96. The van der Waals surface area contributed by atoms with Crippen LogP contribution in [0, 0.1) is 0 Å². The van der Waals surface area contributed by atoms with Crippen molar-refractivity contribution in [3.63, 3.8) is 0 Å². The first kappa shape index (κ1) is 19.1. The maximum absolute atomic E-state index is 12.4. The zero-order valence-corrected chi connectivity index (χ0v) is 16.4. The van der Waals surface area contributed by atoms with Gasteiger partial charge in [-0.25, -0.2) is 13.6 Å². The van der Waals surface area contributed by atoms with Crippen molar-refractivity contribution < 1.29 is 17.9 Å². The zero-order valence-electron chi connectivity index (χ0n) is 14.0. The minimum absolute atomic E-state index is 0.126. The molecule has 1 aliphatic heterocycles. The molecule has 0 aromatic heterocycles. The van der Waals surface area contributed by atoms with Gasteiger partial charge in [-0.05, 0) is 35.9 Å². The van der Waals surface area contributed by atoms with Crippen molar-refractivity contribution in [2.24, 2.45) is 5.14 Å². The first-order chi connectivity index (χ1) is 12.4. The standard InChI is InChI=1S/C17H18N2O4S3/c1-23-14-7-6-13(10-15(14)26(18,21)22)19-16(20)11-2-4-12(5-3-11)17-24-8-9-25-17/h2-7,10,17H,8-9H2,1H3,(H,19,20)(H2,18,21,22). The number of anilines is 1. The predicted octanol–water partition coefficient (Wildman–Crippen LogP) is 3.07. The molecule has 138 valence electrons. The van der Waals surface area contributed by atoms with Gasteiger partial charge in [0.25, 0.3) is 5.91 Å². The fourth-order valence-electron chi connectivity index (χ4n) is 2.52. The SMILES string of the molecule is COc1ccc(NC(=O)c2ccc(C3SCCS3)cc2)cc1S(N)(=O)=O. The van der Waals surface area contributed by atoms with Crippen LogP contribution in [-0.2, 0) is 10.0 Å². The number of primary sulfonamides is 1. The molecule has 0 unspecified atom stereocenters. The molecule has 9 heteroatoms. The third-order valence-electron chi connectivity index (χ3n) is 3.79. The molecule has 0 saturated carbocycles. The van der Waals surface area contributed by atoms with Crippen LogP contribution in [0.1, 0.15) is 20.5 Å². The lowest BCUT2D eigenvalue weighted by atomic mass is 10.1. The molecule has 3 N–H and O–H groups in total. The lowest BCUT2D eigenvalue weighted by molar-refractivity contribution is 0.102. The molecule has 1 saturated heterocycles. The molecule has 0 bridgehead atoms. The van der Waals surface area contributed by atoms with Crippen molar-refractivity contribution in [1.82, 2.24) is 0 Å². The summed E-state index contributed by atoms with van der Waals surface area (Å²) in [5.41, 5.74) is 2.01. The van der Waals surface area contributed by atoms with Gasteiger partial charge in [0.05, 0.1) is 11.7 Å². The van der Waals surface area contributed by atoms with Crippen LogP contribution in [0.15, 0.2) is 47.4 Å². The normalized spacial score (nSPS) is 15.0. The summed E-state index contributed by atoms with van der Waals surface area (Å²) < 4.78 is 28.8. The quantitative estimate of drug-likeness (QED) is 0.786. The van der Waals surface area contributed by atoms with E-state index >= 15 is 0 Å². The number of rotatable bonds is 5. The van der Waals surface area contributed by atoms with Crippen LogP contribution in [0.25, 0.3) is 0 Å². The molecule has 0 aliphatic carbocycles. The van der Waals surface area contributed by atoms with Crippen molar-refractivity contribution in [1.29, 1.82) is 0 Å².